The van der Waals surface area contributed by atoms with Crippen LogP contribution in [-0.2, 0) is 0 Å². The normalized spacial score (nSPS) is 37.0. The molecule has 2 aliphatic carbocycles. The van der Waals surface area contributed by atoms with Gasteiger partial charge in [0.25, 0.3) is 0 Å². The smallest absolute Gasteiger partial charge is 0.0535 e. The third kappa shape index (κ3) is 1.51. The van der Waals surface area contributed by atoms with Gasteiger partial charge in [-0.15, -0.1) is 0 Å². The average molecular weight is 268 g/mol. The van der Waals surface area contributed by atoms with Crippen LogP contribution in [0.1, 0.15) is 32.1 Å². The molecule has 4 rings (SSSR count). The van der Waals surface area contributed by atoms with Crippen molar-refractivity contribution in [2.45, 2.75) is 32.1 Å². The van der Waals surface area contributed by atoms with E-state index in [9.17, 15) is 0 Å². The minimum atomic E-state index is 0.00931. The van der Waals surface area contributed by atoms with E-state index in [1.807, 2.05) is 0 Å². The van der Waals surface area contributed by atoms with Crippen LogP contribution in [0.5, 0.6) is 0 Å². The van der Waals surface area contributed by atoms with Crippen molar-refractivity contribution in [3.63, 3.8) is 0 Å². The van der Waals surface area contributed by atoms with Gasteiger partial charge in [-0.25, -0.2) is 0 Å². The van der Waals surface area contributed by atoms with Crippen molar-refractivity contribution in [2.24, 2.45) is 29.1 Å². The predicted octanol–water partition coefficient (Wildman–Crippen LogP) is 3.68. The SMILES string of the molecule is C=C1NC(=C)C2(C(C3CC3)C3CC3)CC1C(=C)NC2=C. The first-order chi connectivity index (χ1) is 9.54. The Kier molecular flexibility index (Phi) is 2.34. The minimum absolute atomic E-state index is 0.00931. The maximum absolute atomic E-state index is 4.37. The molecule has 2 bridgehead atoms. The molecule has 0 atom stereocenters. The molecule has 0 amide bonds. The summed E-state index contributed by atoms with van der Waals surface area (Å²) in [6, 6.07) is 0. The van der Waals surface area contributed by atoms with Gasteiger partial charge in [-0.1, -0.05) is 26.3 Å². The summed E-state index contributed by atoms with van der Waals surface area (Å²) in [6.07, 6.45) is 6.61. The molecule has 0 aromatic heterocycles. The van der Waals surface area contributed by atoms with Gasteiger partial charge >= 0.3 is 0 Å². The second-order valence-electron chi connectivity index (χ2n) is 7.19. The van der Waals surface area contributed by atoms with Gasteiger partial charge in [0.1, 0.15) is 0 Å². The molecule has 2 nitrogen and oxygen atoms in total. The lowest BCUT2D eigenvalue weighted by Gasteiger charge is -2.54. The van der Waals surface area contributed by atoms with Gasteiger partial charge in [-0.2, -0.15) is 0 Å². The summed E-state index contributed by atoms with van der Waals surface area (Å²) in [5, 5.41) is 6.96. The fourth-order valence-corrected chi connectivity index (χ4v) is 4.63. The Morgan fingerprint density at radius 3 is 1.70 bits per heavy atom. The van der Waals surface area contributed by atoms with E-state index in [0.29, 0.717) is 11.8 Å². The van der Waals surface area contributed by atoms with Crippen molar-refractivity contribution in [1.29, 1.82) is 0 Å². The molecule has 4 aliphatic rings. The van der Waals surface area contributed by atoms with Gasteiger partial charge in [0.05, 0.1) is 5.41 Å². The summed E-state index contributed by atoms with van der Waals surface area (Å²) in [6.45, 7) is 17.1. The first-order valence-corrected chi connectivity index (χ1v) is 7.84. The molecule has 2 saturated heterocycles. The summed E-state index contributed by atoms with van der Waals surface area (Å²) in [5.74, 6) is 2.77. The Labute approximate surface area is 121 Å². The molecule has 20 heavy (non-hydrogen) atoms. The zero-order chi connectivity index (χ0) is 14.1. The number of hydrogen-bond acceptors (Lipinski definition) is 2. The Morgan fingerprint density at radius 2 is 1.30 bits per heavy atom. The van der Waals surface area contributed by atoms with E-state index >= 15 is 0 Å². The first kappa shape index (κ1) is 12.3. The number of hydrogen-bond donors (Lipinski definition) is 2. The van der Waals surface area contributed by atoms with Gasteiger partial charge in [0.15, 0.2) is 0 Å². The molecule has 2 heterocycles. The number of rotatable bonds is 3. The molecule has 4 fully saturated rings. The summed E-state index contributed by atoms with van der Waals surface area (Å²) in [4.78, 5) is 0. The van der Waals surface area contributed by atoms with E-state index in [-0.39, 0.29) is 5.41 Å². The van der Waals surface area contributed by atoms with Crippen LogP contribution in [0.3, 0.4) is 0 Å². The Bertz CT molecular complexity index is 492. The van der Waals surface area contributed by atoms with E-state index in [2.05, 4.69) is 36.9 Å². The van der Waals surface area contributed by atoms with Gasteiger partial charge in [-0.05, 0) is 49.9 Å². The molecule has 2 N–H and O–H groups in total. The molecule has 106 valence electrons. The highest BCUT2D eigenvalue weighted by Gasteiger charge is 2.59. The number of nitrogens with one attached hydrogen (secondary N) is 2. The highest BCUT2D eigenvalue weighted by atomic mass is 15.1. The summed E-state index contributed by atoms with van der Waals surface area (Å²) < 4.78 is 0. The molecule has 0 aromatic rings. The summed E-state index contributed by atoms with van der Waals surface area (Å²) >= 11 is 0. The van der Waals surface area contributed by atoms with E-state index in [4.69, 9.17) is 0 Å². The molecule has 0 spiro atoms. The third-order valence-electron chi connectivity index (χ3n) is 5.90. The van der Waals surface area contributed by atoms with Crippen molar-refractivity contribution < 1.29 is 0 Å². The van der Waals surface area contributed by atoms with E-state index in [1.165, 1.54) is 25.7 Å². The Hall–Kier alpha value is -1.44. The van der Waals surface area contributed by atoms with E-state index in [0.717, 1.165) is 41.0 Å². The van der Waals surface area contributed by atoms with Gasteiger partial charge in [0, 0.05) is 28.7 Å². The molecule has 2 heteroatoms. The standard InChI is InChI=1S/C18H24N2/c1-10-16-9-18(12(3)19-10,13(4)20-11(16)2)17(14-5-6-14)15-7-8-15/h14-17,19-20H,1-9H2. The maximum Gasteiger partial charge on any atom is 0.0535 e. The summed E-state index contributed by atoms with van der Waals surface area (Å²) in [5.41, 5.74) is 4.33. The fourth-order valence-electron chi connectivity index (χ4n) is 4.63. The average Bonchev–Trinajstić information content (AvgIpc) is 3.24. The second kappa shape index (κ2) is 3.81. The Morgan fingerprint density at radius 1 is 0.850 bits per heavy atom. The monoisotopic (exact) mass is 268 g/mol. The lowest BCUT2D eigenvalue weighted by Crippen LogP contribution is -2.54. The van der Waals surface area contributed by atoms with Crippen molar-refractivity contribution in [2.75, 3.05) is 0 Å². The van der Waals surface area contributed by atoms with Gasteiger partial charge in [-0.3, -0.25) is 0 Å². The first-order valence-electron chi connectivity index (χ1n) is 7.84. The fraction of sp³-hybridized carbons (Fsp3) is 0.556. The zero-order valence-electron chi connectivity index (χ0n) is 12.2. The van der Waals surface area contributed by atoms with Gasteiger partial charge in [0.2, 0.25) is 0 Å². The summed E-state index contributed by atoms with van der Waals surface area (Å²) in [7, 11) is 0. The van der Waals surface area contributed by atoms with Crippen molar-refractivity contribution >= 4 is 0 Å². The van der Waals surface area contributed by atoms with Crippen LogP contribution in [0, 0.1) is 29.1 Å². The molecule has 0 radical (unpaired) electrons. The minimum Gasteiger partial charge on any atom is -0.362 e. The maximum atomic E-state index is 4.37. The van der Waals surface area contributed by atoms with E-state index in [1.54, 1.807) is 0 Å². The van der Waals surface area contributed by atoms with Crippen LogP contribution in [0.25, 0.3) is 0 Å². The van der Waals surface area contributed by atoms with E-state index < -0.39 is 0 Å². The topological polar surface area (TPSA) is 24.1 Å². The van der Waals surface area contributed by atoms with Crippen molar-refractivity contribution in [1.82, 2.24) is 10.6 Å². The molecule has 0 aromatic carbocycles. The van der Waals surface area contributed by atoms with Crippen molar-refractivity contribution in [3.05, 3.63) is 49.1 Å². The number of piperidine rings is 2. The highest BCUT2D eigenvalue weighted by molar-refractivity contribution is 5.42. The predicted molar refractivity (Wildman–Crippen MR) is 82.3 cm³/mol. The van der Waals surface area contributed by atoms with Crippen LogP contribution >= 0.6 is 0 Å². The zero-order valence-corrected chi connectivity index (χ0v) is 12.2. The van der Waals surface area contributed by atoms with Crippen LogP contribution in [0.4, 0.5) is 0 Å². The molecule has 2 saturated carbocycles. The van der Waals surface area contributed by atoms with Gasteiger partial charge < -0.3 is 10.6 Å². The second-order valence-corrected chi connectivity index (χ2v) is 7.19. The van der Waals surface area contributed by atoms with Crippen LogP contribution in [-0.4, -0.2) is 0 Å². The number of fused-ring (bicyclic) bond motifs is 2. The quantitative estimate of drug-likeness (QED) is 0.816. The molecule has 0 unspecified atom stereocenters. The van der Waals surface area contributed by atoms with Crippen LogP contribution < -0.4 is 10.6 Å². The molecule has 2 aliphatic heterocycles. The van der Waals surface area contributed by atoms with Crippen molar-refractivity contribution in [3.8, 4) is 0 Å². The molecular formula is C18H24N2. The Balaban J connectivity index is 1.79. The van der Waals surface area contributed by atoms with Crippen LogP contribution in [0.2, 0.25) is 0 Å². The largest absolute Gasteiger partial charge is 0.362 e. The lowest BCUT2D eigenvalue weighted by atomic mass is 9.58. The van der Waals surface area contributed by atoms with Crippen LogP contribution in [0.15, 0.2) is 49.1 Å². The molecular weight excluding hydrogens is 244 g/mol. The lowest BCUT2D eigenvalue weighted by molar-refractivity contribution is 0.124. The third-order valence-corrected chi connectivity index (χ3v) is 5.90. The highest BCUT2D eigenvalue weighted by Crippen LogP contribution is 2.64.